The van der Waals surface area contributed by atoms with E-state index in [1.807, 2.05) is 0 Å². The standard InChI is InChI=1S/C45H52O22/c1-17-25(58-4)12-20(13-26(17)59-5)6-11-29(48)60-16-28-33(51)37(55)42(67-44-39(57)36(54)32(50)19(3)62-44)45(65-28)66-41-34(52)30-24(47)14-23(63-43-38(56)35(53)31(49)18(2)61-43)15-27(30)64-40(41)21-7-9-22(46)10-8-21/h6-15,18-19,28,31-33,35-39,42-47,49-51,53-57H,16H2,1-5H3/b11-6+/t18?,19?,28?,31-,32-,33+,35-,36-,37-,38?,39?,42?,43-,44-,45-/m0/s1. The third-order valence-corrected chi connectivity index (χ3v) is 11.7. The number of phenolic OH excluding ortho intramolecular Hbond substituents is 2. The van der Waals surface area contributed by atoms with Gasteiger partial charge in [-0.15, -0.1) is 0 Å². The van der Waals surface area contributed by atoms with Crippen LogP contribution in [0, 0.1) is 6.92 Å². The van der Waals surface area contributed by atoms with Gasteiger partial charge >= 0.3 is 5.97 Å². The van der Waals surface area contributed by atoms with Gasteiger partial charge in [0.05, 0.1) is 26.4 Å². The Labute approximate surface area is 380 Å². The number of benzene rings is 3. The van der Waals surface area contributed by atoms with Gasteiger partial charge in [0.15, 0.2) is 18.2 Å². The lowest BCUT2D eigenvalue weighted by atomic mass is 9.97. The molecule has 0 bridgehead atoms. The maximum absolute atomic E-state index is 14.6. The first-order valence-corrected chi connectivity index (χ1v) is 20.9. The molecule has 1 aromatic heterocycles. The summed E-state index contributed by atoms with van der Waals surface area (Å²) in [5.74, 6) is -2.20. The number of esters is 1. The zero-order valence-electron chi connectivity index (χ0n) is 36.5. The Kier molecular flexibility index (Phi) is 15.0. The molecule has 6 unspecified atom stereocenters. The van der Waals surface area contributed by atoms with Crippen molar-refractivity contribution in [3.8, 4) is 45.8 Å². The van der Waals surface area contributed by atoms with E-state index in [1.165, 1.54) is 58.4 Å². The molecular formula is C45H52O22. The van der Waals surface area contributed by atoms with E-state index in [9.17, 15) is 60.7 Å². The minimum atomic E-state index is -2.04. The molecule has 15 atom stereocenters. The number of rotatable bonds is 13. The van der Waals surface area contributed by atoms with E-state index in [-0.39, 0.29) is 28.4 Å². The molecule has 364 valence electrons. The number of methoxy groups -OCH3 is 2. The van der Waals surface area contributed by atoms with Gasteiger partial charge in [-0.2, -0.15) is 0 Å². The fourth-order valence-corrected chi connectivity index (χ4v) is 7.74. The van der Waals surface area contributed by atoms with Crippen LogP contribution in [0.5, 0.6) is 34.5 Å². The molecule has 10 N–H and O–H groups in total. The first-order valence-electron chi connectivity index (χ1n) is 20.9. The lowest BCUT2D eigenvalue weighted by Gasteiger charge is -2.45. The Hall–Kier alpha value is -5.60. The van der Waals surface area contributed by atoms with E-state index >= 15 is 0 Å². The van der Waals surface area contributed by atoms with Crippen molar-refractivity contribution in [2.24, 2.45) is 0 Å². The summed E-state index contributed by atoms with van der Waals surface area (Å²) in [5.41, 5.74) is -0.0910. The van der Waals surface area contributed by atoms with E-state index in [4.69, 9.17) is 47.0 Å². The third-order valence-electron chi connectivity index (χ3n) is 11.7. The van der Waals surface area contributed by atoms with Crippen LogP contribution in [-0.4, -0.2) is 170 Å². The van der Waals surface area contributed by atoms with Gasteiger partial charge in [-0.3, -0.25) is 4.79 Å². The highest BCUT2D eigenvalue weighted by Gasteiger charge is 2.52. The van der Waals surface area contributed by atoms with Gasteiger partial charge in [-0.25, -0.2) is 4.79 Å². The van der Waals surface area contributed by atoms with E-state index in [1.54, 1.807) is 19.1 Å². The zero-order valence-corrected chi connectivity index (χ0v) is 36.5. The van der Waals surface area contributed by atoms with Crippen molar-refractivity contribution in [3.05, 3.63) is 76.0 Å². The molecule has 4 aromatic rings. The minimum Gasteiger partial charge on any atom is -0.508 e. The summed E-state index contributed by atoms with van der Waals surface area (Å²) in [4.78, 5) is 27.6. The second-order valence-electron chi connectivity index (χ2n) is 16.2. The van der Waals surface area contributed by atoms with Crippen molar-refractivity contribution >= 4 is 23.0 Å². The SMILES string of the molecule is COc1cc(/C=C/C(=O)OCC2O[C@@H](Oc3c(-c4ccc(O)cc4)oc4cc(O[C@@H]5OC(C)[C@H](O)[C@H](O)C5O)cc(O)c4c3=O)C(O[C@@H]3OC(C)[C@H](O)[C@H](O)C3O)[C@@H](O)[C@@H]2O)cc(OC)c1C. The second-order valence-corrected chi connectivity index (χ2v) is 16.2. The van der Waals surface area contributed by atoms with Gasteiger partial charge in [0.1, 0.15) is 101 Å². The maximum Gasteiger partial charge on any atom is 0.330 e. The van der Waals surface area contributed by atoms with E-state index in [2.05, 4.69) is 0 Å². The van der Waals surface area contributed by atoms with E-state index in [0.717, 1.165) is 23.8 Å². The molecule has 0 saturated carbocycles. The quantitative estimate of drug-likeness (QED) is 0.0607. The van der Waals surface area contributed by atoms with E-state index in [0.29, 0.717) is 17.1 Å². The van der Waals surface area contributed by atoms with Gasteiger partial charge in [0.2, 0.25) is 23.8 Å². The average molecular weight is 945 g/mol. The lowest BCUT2D eigenvalue weighted by Crippen LogP contribution is -2.64. The molecule has 0 spiro atoms. The summed E-state index contributed by atoms with van der Waals surface area (Å²) >= 11 is 0. The summed E-state index contributed by atoms with van der Waals surface area (Å²) in [5, 5.41) is 107. The molecule has 3 aliphatic heterocycles. The number of aliphatic hydroxyl groups is 8. The maximum atomic E-state index is 14.6. The molecule has 3 saturated heterocycles. The molecule has 67 heavy (non-hydrogen) atoms. The summed E-state index contributed by atoms with van der Waals surface area (Å²) in [6.07, 6.45) is -22.6. The smallest absolute Gasteiger partial charge is 0.330 e. The fourth-order valence-electron chi connectivity index (χ4n) is 7.74. The normalized spacial score (nSPS) is 32.2. The fraction of sp³-hybridized carbons (Fsp3) is 0.467. The van der Waals surface area contributed by atoms with Crippen molar-refractivity contribution in [3.63, 3.8) is 0 Å². The summed E-state index contributed by atoms with van der Waals surface area (Å²) < 4.78 is 57.3. The van der Waals surface area contributed by atoms with Crippen LogP contribution in [0.3, 0.4) is 0 Å². The van der Waals surface area contributed by atoms with Crippen LogP contribution in [0.25, 0.3) is 28.4 Å². The van der Waals surface area contributed by atoms with Gasteiger partial charge in [-0.1, -0.05) is 0 Å². The van der Waals surface area contributed by atoms with Crippen molar-refractivity contribution in [1.82, 2.24) is 0 Å². The molecule has 0 amide bonds. The molecule has 3 aromatic carbocycles. The first-order chi connectivity index (χ1) is 31.8. The molecule has 4 heterocycles. The molecule has 7 rings (SSSR count). The molecule has 0 radical (unpaired) electrons. The number of carbonyl (C=O) groups excluding carboxylic acids is 1. The van der Waals surface area contributed by atoms with Crippen molar-refractivity contribution in [2.75, 3.05) is 20.8 Å². The highest BCUT2D eigenvalue weighted by atomic mass is 16.8. The lowest BCUT2D eigenvalue weighted by molar-refractivity contribution is -0.354. The highest BCUT2D eigenvalue weighted by molar-refractivity contribution is 5.89. The molecule has 0 aliphatic carbocycles. The Morgan fingerprint density at radius 2 is 1.30 bits per heavy atom. The van der Waals surface area contributed by atoms with Gasteiger partial charge < -0.3 is 98.1 Å². The monoisotopic (exact) mass is 944 g/mol. The molecule has 22 nitrogen and oxygen atoms in total. The van der Waals surface area contributed by atoms with Gasteiger partial charge in [-0.05, 0) is 68.8 Å². The second kappa shape index (κ2) is 20.3. The number of aromatic hydroxyl groups is 2. The predicted molar refractivity (Wildman–Crippen MR) is 227 cm³/mol. The first kappa shape index (κ1) is 49.3. The largest absolute Gasteiger partial charge is 0.508 e. The van der Waals surface area contributed by atoms with E-state index < -0.39 is 127 Å². The number of hydrogen-bond donors (Lipinski definition) is 10. The molecule has 22 heteroatoms. The summed E-state index contributed by atoms with van der Waals surface area (Å²) in [6, 6.07) is 10.6. The highest BCUT2D eigenvalue weighted by Crippen LogP contribution is 2.40. The summed E-state index contributed by atoms with van der Waals surface area (Å²) in [7, 11) is 2.94. The number of aliphatic hydroxyl groups excluding tert-OH is 8. The van der Waals surface area contributed by atoms with Crippen LogP contribution >= 0.6 is 0 Å². The van der Waals surface area contributed by atoms with Crippen LogP contribution in [0.1, 0.15) is 25.0 Å². The van der Waals surface area contributed by atoms with Gasteiger partial charge in [0, 0.05) is 29.3 Å². The summed E-state index contributed by atoms with van der Waals surface area (Å²) in [6.45, 7) is 3.85. The number of carbonyl (C=O) groups is 1. The number of hydrogen-bond acceptors (Lipinski definition) is 22. The van der Waals surface area contributed by atoms with Crippen LogP contribution in [0.2, 0.25) is 0 Å². The van der Waals surface area contributed by atoms with Crippen LogP contribution in [-0.2, 0) is 28.5 Å². The van der Waals surface area contributed by atoms with Crippen LogP contribution in [0.15, 0.2) is 63.8 Å². The topological polar surface area (TPSA) is 333 Å². The van der Waals surface area contributed by atoms with Gasteiger partial charge in [0.25, 0.3) is 0 Å². The molecular weight excluding hydrogens is 892 g/mol. The van der Waals surface area contributed by atoms with Crippen LogP contribution in [0.4, 0.5) is 0 Å². The molecule has 3 aliphatic rings. The molecule has 3 fully saturated rings. The van der Waals surface area contributed by atoms with Crippen molar-refractivity contribution < 1.29 is 103 Å². The third kappa shape index (κ3) is 10.2. The predicted octanol–water partition coefficient (Wildman–Crippen LogP) is -0.302. The van der Waals surface area contributed by atoms with Crippen molar-refractivity contribution in [2.45, 2.75) is 113 Å². The Morgan fingerprint density at radius 3 is 1.91 bits per heavy atom. The Morgan fingerprint density at radius 1 is 0.701 bits per heavy atom. The Bertz CT molecular complexity index is 2450. The van der Waals surface area contributed by atoms with Crippen molar-refractivity contribution in [1.29, 1.82) is 0 Å². The minimum absolute atomic E-state index is 0.0847. The number of phenols is 2. The number of fused-ring (bicyclic) bond motifs is 1. The zero-order chi connectivity index (χ0) is 48.6. The number of ether oxygens (including phenoxy) is 9. The van der Waals surface area contributed by atoms with Crippen LogP contribution < -0.4 is 24.4 Å². The Balaban J connectivity index is 1.23. The average Bonchev–Trinajstić information content (AvgIpc) is 3.30.